The Balaban J connectivity index is 2.77. The van der Waals surface area contributed by atoms with E-state index in [1.54, 1.807) is 0 Å². The summed E-state index contributed by atoms with van der Waals surface area (Å²) in [7, 11) is -3.86. The molecule has 0 bridgehead atoms. The Morgan fingerprint density at radius 3 is 2.58 bits per heavy atom. The van der Waals surface area contributed by atoms with Crippen LogP contribution in [0.5, 0.6) is 0 Å². The van der Waals surface area contributed by atoms with Gasteiger partial charge in [0.05, 0.1) is 0 Å². The summed E-state index contributed by atoms with van der Waals surface area (Å²) in [6, 6.07) is 0.939. The molecular weight excluding hydrogens is 276 g/mol. The van der Waals surface area contributed by atoms with Crippen molar-refractivity contribution in [3.8, 4) is 0 Å². The molecule has 1 rings (SSSR count). The summed E-state index contributed by atoms with van der Waals surface area (Å²) >= 11 is 0. The van der Waals surface area contributed by atoms with Crippen LogP contribution in [0.15, 0.2) is 15.4 Å². The number of hydrogen-bond acceptors (Lipinski definition) is 5. The predicted molar refractivity (Wildman–Crippen MR) is 64.0 cm³/mol. The molecule has 0 aliphatic heterocycles. The molecule has 0 atom stereocenters. The highest BCUT2D eigenvalue weighted by molar-refractivity contribution is 7.89. The number of primary amides is 1. The highest BCUT2D eigenvalue weighted by atomic mass is 32.2. The van der Waals surface area contributed by atoms with Gasteiger partial charge in [0.15, 0.2) is 0 Å². The number of carboxylic acids is 1. The summed E-state index contributed by atoms with van der Waals surface area (Å²) in [5.41, 5.74) is 4.92. The van der Waals surface area contributed by atoms with Crippen LogP contribution in [0.25, 0.3) is 0 Å². The Labute approximate surface area is 109 Å². The van der Waals surface area contributed by atoms with Crippen LogP contribution in [-0.4, -0.2) is 31.9 Å². The third-order valence-electron chi connectivity index (χ3n) is 2.26. The molecule has 0 aromatic carbocycles. The first-order valence-corrected chi connectivity index (χ1v) is 6.84. The van der Waals surface area contributed by atoms with Crippen LogP contribution in [0.1, 0.15) is 29.2 Å². The second kappa shape index (κ2) is 5.85. The molecule has 0 saturated carbocycles. The molecule has 0 unspecified atom stereocenters. The lowest BCUT2D eigenvalue weighted by molar-refractivity contribution is -0.118. The van der Waals surface area contributed by atoms with E-state index in [1.807, 2.05) is 0 Å². The zero-order valence-corrected chi connectivity index (χ0v) is 11.0. The van der Waals surface area contributed by atoms with Gasteiger partial charge in [0, 0.05) is 19.0 Å². The Hall–Kier alpha value is -1.87. The molecular formula is C10H14N2O6S. The van der Waals surface area contributed by atoms with Gasteiger partial charge in [0.2, 0.25) is 21.7 Å². The summed E-state index contributed by atoms with van der Waals surface area (Å²) < 4.78 is 30.8. The van der Waals surface area contributed by atoms with Gasteiger partial charge < -0.3 is 15.3 Å². The highest BCUT2D eigenvalue weighted by Gasteiger charge is 2.23. The number of aryl methyl sites for hydroxylation is 1. The first-order chi connectivity index (χ1) is 8.74. The van der Waals surface area contributed by atoms with Crippen molar-refractivity contribution in [3.05, 3.63) is 17.6 Å². The number of rotatable bonds is 7. The number of carboxylic acid groups (broad SMARTS) is 1. The van der Waals surface area contributed by atoms with E-state index >= 15 is 0 Å². The van der Waals surface area contributed by atoms with Crippen molar-refractivity contribution in [2.45, 2.75) is 24.7 Å². The smallest absolute Gasteiger partial charge is 0.371 e. The summed E-state index contributed by atoms with van der Waals surface area (Å²) in [6.07, 6.45) is 0.324. The molecule has 4 N–H and O–H groups in total. The van der Waals surface area contributed by atoms with E-state index in [0.29, 0.717) is 0 Å². The molecule has 9 heteroatoms. The quantitative estimate of drug-likeness (QED) is 0.595. The Morgan fingerprint density at radius 1 is 1.47 bits per heavy atom. The topological polar surface area (TPSA) is 140 Å². The molecule has 106 valence electrons. The molecule has 1 aromatic rings. The van der Waals surface area contributed by atoms with Crippen LogP contribution in [0.3, 0.4) is 0 Å². The Bertz CT molecular complexity index is 589. The van der Waals surface area contributed by atoms with E-state index in [2.05, 4.69) is 4.72 Å². The highest BCUT2D eigenvalue weighted by Crippen LogP contribution is 2.19. The third-order valence-corrected chi connectivity index (χ3v) is 3.83. The van der Waals surface area contributed by atoms with Crippen LogP contribution in [0.4, 0.5) is 0 Å². The van der Waals surface area contributed by atoms with Crippen molar-refractivity contribution in [1.29, 1.82) is 0 Å². The summed E-state index contributed by atoms with van der Waals surface area (Å²) in [5, 5.41) is 8.70. The molecule has 0 radical (unpaired) electrons. The van der Waals surface area contributed by atoms with E-state index in [0.717, 1.165) is 6.07 Å². The zero-order valence-electron chi connectivity index (χ0n) is 10.2. The molecule has 1 aromatic heterocycles. The maximum Gasteiger partial charge on any atom is 0.371 e. The van der Waals surface area contributed by atoms with E-state index in [1.165, 1.54) is 6.92 Å². The first-order valence-electron chi connectivity index (χ1n) is 5.35. The minimum absolute atomic E-state index is 0.0141. The number of aromatic carboxylic acids is 1. The monoisotopic (exact) mass is 290 g/mol. The average molecular weight is 290 g/mol. The molecule has 0 spiro atoms. The number of furan rings is 1. The van der Waals surface area contributed by atoms with Crippen LogP contribution < -0.4 is 10.5 Å². The standard InChI is InChI=1S/C10H14N2O6S/c1-6-8(5-7(18-6)10(14)15)19(16,17)12-4-2-3-9(11)13/h5,12H,2-4H2,1H3,(H2,11,13)(H,14,15). The normalized spacial score (nSPS) is 11.4. The maximum absolute atomic E-state index is 11.9. The van der Waals surface area contributed by atoms with Gasteiger partial charge in [0.1, 0.15) is 10.7 Å². The van der Waals surface area contributed by atoms with Crippen molar-refractivity contribution in [2.24, 2.45) is 5.73 Å². The third kappa shape index (κ3) is 4.07. The zero-order chi connectivity index (χ0) is 14.6. The number of sulfonamides is 1. The molecule has 8 nitrogen and oxygen atoms in total. The number of nitrogens with one attached hydrogen (secondary N) is 1. The van der Waals surface area contributed by atoms with Crippen LogP contribution in [0, 0.1) is 6.92 Å². The Morgan fingerprint density at radius 2 is 2.11 bits per heavy atom. The van der Waals surface area contributed by atoms with Gasteiger partial charge in [-0.25, -0.2) is 17.9 Å². The van der Waals surface area contributed by atoms with E-state index in [4.69, 9.17) is 15.3 Å². The van der Waals surface area contributed by atoms with Gasteiger partial charge in [-0.2, -0.15) is 0 Å². The van der Waals surface area contributed by atoms with Crippen molar-refractivity contribution in [2.75, 3.05) is 6.54 Å². The minimum atomic E-state index is -3.86. The van der Waals surface area contributed by atoms with Crippen molar-refractivity contribution in [1.82, 2.24) is 4.72 Å². The van der Waals surface area contributed by atoms with Gasteiger partial charge in [-0.3, -0.25) is 4.79 Å². The number of carbonyl (C=O) groups is 2. The SMILES string of the molecule is Cc1oc(C(=O)O)cc1S(=O)(=O)NCCCC(N)=O. The van der Waals surface area contributed by atoms with Crippen molar-refractivity contribution < 1.29 is 27.5 Å². The minimum Gasteiger partial charge on any atom is -0.475 e. The van der Waals surface area contributed by atoms with Gasteiger partial charge in [-0.1, -0.05) is 0 Å². The lowest BCUT2D eigenvalue weighted by Crippen LogP contribution is -2.26. The molecule has 1 amide bonds. The number of hydrogen-bond donors (Lipinski definition) is 3. The van der Waals surface area contributed by atoms with Crippen LogP contribution >= 0.6 is 0 Å². The average Bonchev–Trinajstić information content (AvgIpc) is 2.67. The molecule has 0 saturated heterocycles. The summed E-state index contributed by atoms with van der Waals surface area (Å²) in [4.78, 5) is 20.9. The Kier molecular flexibility index (Phi) is 4.67. The molecule has 1 heterocycles. The molecule has 0 fully saturated rings. The molecule has 19 heavy (non-hydrogen) atoms. The van der Waals surface area contributed by atoms with Crippen LogP contribution in [0.2, 0.25) is 0 Å². The van der Waals surface area contributed by atoms with E-state index < -0.39 is 27.7 Å². The second-order valence-electron chi connectivity index (χ2n) is 3.80. The van der Waals surface area contributed by atoms with E-state index in [9.17, 15) is 18.0 Å². The largest absolute Gasteiger partial charge is 0.475 e. The van der Waals surface area contributed by atoms with Gasteiger partial charge in [-0.05, 0) is 13.3 Å². The fraction of sp³-hybridized carbons (Fsp3) is 0.400. The predicted octanol–water partition coefficient (Wildman–Crippen LogP) is -0.170. The van der Waals surface area contributed by atoms with E-state index in [-0.39, 0.29) is 30.0 Å². The number of amides is 1. The molecule has 0 aliphatic rings. The second-order valence-corrected chi connectivity index (χ2v) is 5.54. The van der Waals surface area contributed by atoms with Gasteiger partial charge in [-0.15, -0.1) is 0 Å². The maximum atomic E-state index is 11.9. The summed E-state index contributed by atoms with van der Waals surface area (Å²) in [5.74, 6) is -2.33. The lowest BCUT2D eigenvalue weighted by Gasteiger charge is -2.04. The number of nitrogens with two attached hydrogens (primary N) is 1. The van der Waals surface area contributed by atoms with Gasteiger partial charge >= 0.3 is 5.97 Å². The molecule has 0 aliphatic carbocycles. The first kappa shape index (κ1) is 15.2. The van der Waals surface area contributed by atoms with Gasteiger partial charge in [0.25, 0.3) is 0 Å². The fourth-order valence-electron chi connectivity index (χ4n) is 1.38. The van der Waals surface area contributed by atoms with Crippen molar-refractivity contribution >= 4 is 21.9 Å². The lowest BCUT2D eigenvalue weighted by atomic mass is 10.3. The van der Waals surface area contributed by atoms with Crippen LogP contribution in [-0.2, 0) is 14.8 Å². The summed E-state index contributed by atoms with van der Waals surface area (Å²) in [6.45, 7) is 1.38. The fourth-order valence-corrected chi connectivity index (χ4v) is 2.64. The van der Waals surface area contributed by atoms with Crippen molar-refractivity contribution in [3.63, 3.8) is 0 Å². The number of carbonyl (C=O) groups excluding carboxylic acids is 1.